The number of rotatable bonds is 4. The Morgan fingerprint density at radius 2 is 1.63 bits per heavy atom. The minimum atomic E-state index is -0.465. The molecular formula is C24H14Cl3NO2. The van der Waals surface area contributed by atoms with Crippen molar-refractivity contribution in [3.8, 4) is 11.1 Å². The summed E-state index contributed by atoms with van der Waals surface area (Å²) in [7, 11) is 0. The number of pyridine rings is 1. The maximum Gasteiger partial charge on any atom is 0.260 e. The molecule has 0 atom stereocenters. The molecule has 0 aliphatic rings. The van der Waals surface area contributed by atoms with Crippen LogP contribution in [0.1, 0.15) is 15.9 Å². The van der Waals surface area contributed by atoms with Crippen LogP contribution >= 0.6 is 34.8 Å². The Hall–Kier alpha value is -2.85. The van der Waals surface area contributed by atoms with E-state index in [4.69, 9.17) is 34.8 Å². The number of ketones is 1. The van der Waals surface area contributed by atoms with Crippen molar-refractivity contribution in [2.45, 2.75) is 0 Å². The highest BCUT2D eigenvalue weighted by atomic mass is 35.5. The van der Waals surface area contributed by atoms with E-state index >= 15 is 0 Å². The maximum atomic E-state index is 13.1. The summed E-state index contributed by atoms with van der Waals surface area (Å²) in [6.45, 7) is 0. The number of allylic oxidation sites excluding steroid dienone is 1. The van der Waals surface area contributed by atoms with E-state index in [-0.39, 0.29) is 5.56 Å². The molecule has 3 nitrogen and oxygen atoms in total. The quantitative estimate of drug-likeness (QED) is 0.265. The SMILES string of the molecule is O=C(C=Cc1ccc(Cl)c(Cl)c1)c1c(-c2ccccc2)c2cc(Cl)ccc2[nH]c1=O. The Balaban J connectivity index is 1.90. The van der Waals surface area contributed by atoms with Gasteiger partial charge in [0.05, 0.1) is 15.6 Å². The number of H-pyrrole nitrogens is 1. The van der Waals surface area contributed by atoms with E-state index in [2.05, 4.69) is 4.98 Å². The third-order valence-corrected chi connectivity index (χ3v) is 5.63. The minimum Gasteiger partial charge on any atom is -0.321 e. The highest BCUT2D eigenvalue weighted by molar-refractivity contribution is 6.42. The average Bonchev–Trinajstić information content (AvgIpc) is 2.74. The topological polar surface area (TPSA) is 49.9 Å². The Kier molecular flexibility index (Phi) is 5.78. The van der Waals surface area contributed by atoms with Crippen molar-refractivity contribution >= 4 is 57.6 Å². The second kappa shape index (κ2) is 8.49. The zero-order valence-electron chi connectivity index (χ0n) is 15.5. The van der Waals surface area contributed by atoms with E-state index in [1.165, 1.54) is 6.08 Å². The molecule has 1 N–H and O–H groups in total. The Morgan fingerprint density at radius 3 is 2.37 bits per heavy atom. The predicted octanol–water partition coefficient (Wildman–Crippen LogP) is 7.05. The van der Waals surface area contributed by atoms with E-state index in [0.29, 0.717) is 37.1 Å². The molecule has 4 rings (SSSR count). The number of carbonyl (C=O) groups excluding carboxylic acids is 1. The molecule has 0 saturated heterocycles. The normalized spacial score (nSPS) is 11.3. The number of halogens is 3. The fraction of sp³-hybridized carbons (Fsp3) is 0. The molecule has 30 heavy (non-hydrogen) atoms. The van der Waals surface area contributed by atoms with Crippen molar-refractivity contribution in [1.82, 2.24) is 4.98 Å². The van der Waals surface area contributed by atoms with Crippen LogP contribution in [0.3, 0.4) is 0 Å². The maximum absolute atomic E-state index is 13.1. The molecule has 0 saturated carbocycles. The third-order valence-electron chi connectivity index (χ3n) is 4.66. The van der Waals surface area contributed by atoms with Crippen molar-refractivity contribution in [3.05, 3.63) is 109 Å². The van der Waals surface area contributed by atoms with Crippen LogP contribution in [-0.2, 0) is 0 Å². The fourth-order valence-electron chi connectivity index (χ4n) is 3.28. The molecule has 1 heterocycles. The van der Waals surface area contributed by atoms with Crippen LogP contribution < -0.4 is 5.56 Å². The first-order valence-corrected chi connectivity index (χ1v) is 10.2. The smallest absolute Gasteiger partial charge is 0.260 e. The number of carbonyl (C=O) groups is 1. The van der Waals surface area contributed by atoms with Gasteiger partial charge in [0.2, 0.25) is 0 Å². The summed E-state index contributed by atoms with van der Waals surface area (Å²) in [6.07, 6.45) is 2.95. The first-order chi connectivity index (χ1) is 14.4. The van der Waals surface area contributed by atoms with Gasteiger partial charge in [0.1, 0.15) is 0 Å². The lowest BCUT2D eigenvalue weighted by Crippen LogP contribution is -2.18. The van der Waals surface area contributed by atoms with Crippen molar-refractivity contribution in [2.24, 2.45) is 0 Å². The molecule has 0 aliphatic heterocycles. The molecule has 0 fully saturated rings. The molecule has 0 radical (unpaired) electrons. The van der Waals surface area contributed by atoms with Crippen LogP contribution in [0.2, 0.25) is 15.1 Å². The van der Waals surface area contributed by atoms with E-state index in [9.17, 15) is 9.59 Å². The standard InChI is InChI=1S/C24H14Cl3NO2/c25-16-8-10-20-17(13-16)22(15-4-2-1-3-5-15)23(24(30)28-20)21(29)11-7-14-6-9-18(26)19(27)12-14/h1-13H,(H,28,30). The first kappa shape index (κ1) is 20.4. The second-order valence-electron chi connectivity index (χ2n) is 6.63. The minimum absolute atomic E-state index is 0.0484. The largest absolute Gasteiger partial charge is 0.321 e. The number of fused-ring (bicyclic) bond motifs is 1. The Bertz CT molecular complexity index is 1360. The summed E-state index contributed by atoms with van der Waals surface area (Å²) in [6, 6.07) is 19.5. The molecule has 1 aromatic heterocycles. The van der Waals surface area contributed by atoms with Crippen LogP contribution in [0, 0.1) is 0 Å². The third kappa shape index (κ3) is 4.05. The van der Waals surface area contributed by atoms with Gasteiger partial charge in [-0.05, 0) is 47.5 Å². The van der Waals surface area contributed by atoms with Gasteiger partial charge in [0, 0.05) is 21.5 Å². The van der Waals surface area contributed by atoms with Crippen LogP contribution in [0.25, 0.3) is 28.1 Å². The number of nitrogens with one attached hydrogen (secondary N) is 1. The molecule has 4 aromatic rings. The summed E-state index contributed by atoms with van der Waals surface area (Å²) in [5.41, 5.74) is 2.18. The Morgan fingerprint density at radius 1 is 0.867 bits per heavy atom. The van der Waals surface area contributed by atoms with Crippen LogP contribution in [0.5, 0.6) is 0 Å². The first-order valence-electron chi connectivity index (χ1n) is 9.02. The van der Waals surface area contributed by atoms with Crippen molar-refractivity contribution < 1.29 is 4.79 Å². The lowest BCUT2D eigenvalue weighted by atomic mass is 9.94. The molecule has 0 amide bonds. The van der Waals surface area contributed by atoms with E-state index in [0.717, 1.165) is 5.56 Å². The molecule has 0 aliphatic carbocycles. The highest BCUT2D eigenvalue weighted by Crippen LogP contribution is 2.32. The van der Waals surface area contributed by atoms with Crippen LogP contribution in [-0.4, -0.2) is 10.8 Å². The molecule has 0 spiro atoms. The summed E-state index contributed by atoms with van der Waals surface area (Å²) < 4.78 is 0. The number of benzene rings is 3. The monoisotopic (exact) mass is 453 g/mol. The van der Waals surface area contributed by atoms with Gasteiger partial charge in [-0.25, -0.2) is 0 Å². The summed E-state index contributed by atoms with van der Waals surface area (Å²) in [4.78, 5) is 28.8. The lowest BCUT2D eigenvalue weighted by Gasteiger charge is -2.11. The van der Waals surface area contributed by atoms with Gasteiger partial charge >= 0.3 is 0 Å². The molecule has 148 valence electrons. The van der Waals surface area contributed by atoms with Gasteiger partial charge in [-0.1, -0.05) is 77.3 Å². The van der Waals surface area contributed by atoms with Gasteiger partial charge < -0.3 is 4.98 Å². The van der Waals surface area contributed by atoms with E-state index < -0.39 is 11.3 Å². The van der Waals surface area contributed by atoms with Gasteiger partial charge in [-0.2, -0.15) is 0 Å². The zero-order valence-corrected chi connectivity index (χ0v) is 17.7. The van der Waals surface area contributed by atoms with Crippen LogP contribution in [0.15, 0.2) is 77.6 Å². The van der Waals surface area contributed by atoms with Crippen LogP contribution in [0.4, 0.5) is 0 Å². The number of aromatic nitrogens is 1. The lowest BCUT2D eigenvalue weighted by molar-refractivity contribution is 0.104. The summed E-state index contributed by atoms with van der Waals surface area (Å²) in [5, 5.41) is 2.01. The molecule has 0 bridgehead atoms. The highest BCUT2D eigenvalue weighted by Gasteiger charge is 2.19. The van der Waals surface area contributed by atoms with Gasteiger partial charge in [0.15, 0.2) is 5.78 Å². The van der Waals surface area contributed by atoms with E-state index in [1.54, 1.807) is 42.5 Å². The molecule has 6 heteroatoms. The second-order valence-corrected chi connectivity index (χ2v) is 7.88. The van der Waals surface area contributed by atoms with Gasteiger partial charge in [0.25, 0.3) is 5.56 Å². The fourth-order valence-corrected chi connectivity index (χ4v) is 3.76. The summed E-state index contributed by atoms with van der Waals surface area (Å²) >= 11 is 18.2. The number of hydrogen-bond acceptors (Lipinski definition) is 2. The Labute approximate surface area is 187 Å². The summed E-state index contributed by atoms with van der Waals surface area (Å²) in [5.74, 6) is -0.428. The predicted molar refractivity (Wildman–Crippen MR) is 125 cm³/mol. The van der Waals surface area contributed by atoms with Crippen molar-refractivity contribution in [3.63, 3.8) is 0 Å². The molecular weight excluding hydrogens is 441 g/mol. The number of hydrogen-bond donors (Lipinski definition) is 1. The molecule has 3 aromatic carbocycles. The molecule has 0 unspecified atom stereocenters. The van der Waals surface area contributed by atoms with Gasteiger partial charge in [-0.15, -0.1) is 0 Å². The van der Waals surface area contributed by atoms with E-state index in [1.807, 2.05) is 30.3 Å². The van der Waals surface area contributed by atoms with Gasteiger partial charge in [-0.3, -0.25) is 9.59 Å². The average molecular weight is 455 g/mol. The zero-order chi connectivity index (χ0) is 21.3. The van der Waals surface area contributed by atoms with Crippen molar-refractivity contribution in [1.29, 1.82) is 0 Å². The van der Waals surface area contributed by atoms with Crippen molar-refractivity contribution in [2.75, 3.05) is 0 Å². The number of aromatic amines is 1.